The number of rotatable bonds is 2. The molecule has 5 nitrogen and oxygen atoms in total. The van der Waals surface area contributed by atoms with Gasteiger partial charge in [0, 0.05) is 6.20 Å². The first kappa shape index (κ1) is 17.7. The Bertz CT molecular complexity index is 961. The van der Waals surface area contributed by atoms with Gasteiger partial charge < -0.3 is 0 Å². The third kappa shape index (κ3) is 3.34. The highest BCUT2D eigenvalue weighted by molar-refractivity contribution is 7.92. The van der Waals surface area contributed by atoms with Crippen molar-refractivity contribution in [3.8, 4) is 0 Å². The summed E-state index contributed by atoms with van der Waals surface area (Å²) < 4.78 is 63.0. The minimum atomic E-state index is -4.64. The molecule has 10 heteroatoms. The quantitative estimate of drug-likeness (QED) is 0.790. The van der Waals surface area contributed by atoms with Crippen LogP contribution in [0.5, 0.6) is 0 Å². The van der Waals surface area contributed by atoms with Gasteiger partial charge in [-0.2, -0.15) is 13.2 Å². The van der Waals surface area contributed by atoms with Crippen LogP contribution in [-0.4, -0.2) is 25.1 Å². The maximum atomic E-state index is 13.0. The zero-order chi connectivity index (χ0) is 18.4. The van der Waals surface area contributed by atoms with E-state index in [-0.39, 0.29) is 22.8 Å². The lowest BCUT2D eigenvalue weighted by atomic mass is 10.1. The molecule has 1 amide bonds. The monoisotopic (exact) mass is 390 g/mol. The summed E-state index contributed by atoms with van der Waals surface area (Å²) in [7, 11) is -3.81. The fraction of sp³-hybridized carbons (Fsp3) is 0.200. The van der Waals surface area contributed by atoms with Gasteiger partial charge in [0.15, 0.2) is 15.7 Å². The largest absolute Gasteiger partial charge is 0.417 e. The van der Waals surface area contributed by atoms with Gasteiger partial charge >= 0.3 is 6.18 Å². The number of fused-ring (bicyclic) bond motifs is 1. The molecule has 0 N–H and O–H groups in total. The number of aromatic nitrogens is 1. The van der Waals surface area contributed by atoms with Crippen molar-refractivity contribution in [1.82, 2.24) is 4.98 Å². The number of hydrogen-bond acceptors (Lipinski definition) is 4. The second-order valence-corrected chi connectivity index (χ2v) is 7.74. The van der Waals surface area contributed by atoms with Gasteiger partial charge in [0.1, 0.15) is 10.6 Å². The van der Waals surface area contributed by atoms with Crippen LogP contribution in [-0.2, 0) is 27.4 Å². The zero-order valence-corrected chi connectivity index (χ0v) is 14.0. The van der Waals surface area contributed by atoms with Gasteiger partial charge in [-0.25, -0.2) is 13.4 Å². The van der Waals surface area contributed by atoms with Crippen LogP contribution in [0.2, 0.25) is 5.02 Å². The molecular formula is C15H10ClF3N2O3S. The third-order valence-corrected chi connectivity index (χ3v) is 5.58. The fourth-order valence-corrected chi connectivity index (χ4v) is 4.09. The Morgan fingerprint density at radius 1 is 1.24 bits per heavy atom. The predicted molar refractivity (Wildman–Crippen MR) is 83.9 cm³/mol. The minimum Gasteiger partial charge on any atom is -0.290 e. The van der Waals surface area contributed by atoms with Gasteiger partial charge in [0.05, 0.1) is 17.1 Å². The molecule has 25 heavy (non-hydrogen) atoms. The van der Waals surface area contributed by atoms with Crippen molar-refractivity contribution < 1.29 is 26.4 Å². The molecule has 1 aromatic carbocycles. The number of anilines is 1. The molecule has 0 saturated carbocycles. The van der Waals surface area contributed by atoms with Crippen LogP contribution in [0.15, 0.2) is 41.4 Å². The van der Waals surface area contributed by atoms with Crippen molar-refractivity contribution in [1.29, 1.82) is 0 Å². The van der Waals surface area contributed by atoms with Gasteiger partial charge in [-0.3, -0.25) is 9.69 Å². The van der Waals surface area contributed by atoms with E-state index in [4.69, 9.17) is 11.6 Å². The van der Waals surface area contributed by atoms with Crippen LogP contribution in [0, 0.1) is 0 Å². The van der Waals surface area contributed by atoms with E-state index in [1.165, 1.54) is 24.4 Å². The molecular weight excluding hydrogens is 381 g/mol. The highest BCUT2D eigenvalue weighted by Crippen LogP contribution is 2.36. The van der Waals surface area contributed by atoms with Crippen LogP contribution in [0.3, 0.4) is 0 Å². The lowest BCUT2D eigenvalue weighted by Gasteiger charge is -2.28. The predicted octanol–water partition coefficient (Wildman–Crippen LogP) is 3.07. The second kappa shape index (κ2) is 5.99. The highest BCUT2D eigenvalue weighted by Gasteiger charge is 2.37. The SMILES string of the molecule is O=C1CS(=O)(=O)c2cccnc2N1Cc1ccc(Cl)c(C(F)(F)F)c1. The lowest BCUT2D eigenvalue weighted by Crippen LogP contribution is -2.41. The first-order valence-corrected chi connectivity index (χ1v) is 8.96. The zero-order valence-electron chi connectivity index (χ0n) is 12.4. The number of benzene rings is 1. The third-order valence-electron chi connectivity index (χ3n) is 3.63. The molecule has 0 aliphatic carbocycles. The van der Waals surface area contributed by atoms with E-state index in [1.54, 1.807) is 0 Å². The van der Waals surface area contributed by atoms with E-state index in [2.05, 4.69) is 4.98 Å². The molecule has 0 atom stereocenters. The first-order valence-electron chi connectivity index (χ1n) is 6.93. The topological polar surface area (TPSA) is 67.3 Å². The number of sulfone groups is 1. The van der Waals surface area contributed by atoms with Crippen LogP contribution < -0.4 is 4.90 Å². The van der Waals surface area contributed by atoms with Gasteiger partial charge in [-0.05, 0) is 29.8 Å². The lowest BCUT2D eigenvalue weighted by molar-refractivity contribution is -0.137. The number of alkyl halides is 3. The number of carbonyl (C=O) groups is 1. The standard InChI is InChI=1S/C15H10ClF3N2O3S/c16-11-4-3-9(6-10(11)15(17,18)19)7-21-13(22)8-25(23,24)12-2-1-5-20-14(12)21/h1-6H,7-8H2. The summed E-state index contributed by atoms with van der Waals surface area (Å²) in [6, 6.07) is 5.98. The van der Waals surface area contributed by atoms with Crippen molar-refractivity contribution in [2.45, 2.75) is 17.6 Å². The van der Waals surface area contributed by atoms with E-state index < -0.39 is 38.3 Å². The average molecular weight is 391 g/mol. The molecule has 3 rings (SSSR count). The van der Waals surface area contributed by atoms with Crippen LogP contribution >= 0.6 is 11.6 Å². The normalized spacial score (nSPS) is 16.6. The molecule has 0 spiro atoms. The molecule has 1 aliphatic heterocycles. The molecule has 2 heterocycles. The van der Waals surface area contributed by atoms with Crippen LogP contribution in [0.1, 0.15) is 11.1 Å². The number of hydrogen-bond donors (Lipinski definition) is 0. The molecule has 0 bridgehead atoms. The molecule has 0 radical (unpaired) electrons. The number of pyridine rings is 1. The second-order valence-electron chi connectivity index (χ2n) is 5.38. The molecule has 2 aromatic rings. The maximum Gasteiger partial charge on any atom is 0.417 e. The van der Waals surface area contributed by atoms with E-state index >= 15 is 0 Å². The highest BCUT2D eigenvalue weighted by atomic mass is 35.5. The minimum absolute atomic E-state index is 0.0951. The summed E-state index contributed by atoms with van der Waals surface area (Å²) in [6.07, 6.45) is -3.33. The van der Waals surface area contributed by atoms with Crippen molar-refractivity contribution in [3.63, 3.8) is 0 Å². The Labute approximate surface area is 146 Å². The fourth-order valence-electron chi connectivity index (χ4n) is 2.50. The Morgan fingerprint density at radius 2 is 1.96 bits per heavy atom. The molecule has 1 aromatic heterocycles. The summed E-state index contributed by atoms with van der Waals surface area (Å²) >= 11 is 5.58. The van der Waals surface area contributed by atoms with Gasteiger partial charge in [0.25, 0.3) is 0 Å². The van der Waals surface area contributed by atoms with Gasteiger partial charge in [0.2, 0.25) is 5.91 Å². The summed E-state index contributed by atoms with van der Waals surface area (Å²) in [5.41, 5.74) is -0.869. The van der Waals surface area contributed by atoms with Crippen molar-refractivity contribution in [3.05, 3.63) is 52.7 Å². The number of nitrogens with zero attached hydrogens (tertiary/aromatic N) is 2. The Kier molecular flexibility index (Phi) is 4.24. The van der Waals surface area contributed by atoms with Crippen molar-refractivity contribution in [2.75, 3.05) is 10.7 Å². The smallest absolute Gasteiger partial charge is 0.290 e. The maximum absolute atomic E-state index is 13.0. The summed E-state index contributed by atoms with van der Waals surface area (Å²) in [4.78, 5) is 17.0. The molecule has 0 saturated heterocycles. The molecule has 0 unspecified atom stereocenters. The van der Waals surface area contributed by atoms with Crippen molar-refractivity contribution in [2.24, 2.45) is 0 Å². The molecule has 0 fully saturated rings. The number of carbonyl (C=O) groups excluding carboxylic acids is 1. The van der Waals surface area contributed by atoms with Gasteiger partial charge in [-0.15, -0.1) is 0 Å². The summed E-state index contributed by atoms with van der Waals surface area (Å²) in [5.74, 6) is -1.61. The Hall–Kier alpha value is -2.13. The van der Waals surface area contributed by atoms with E-state index in [1.807, 2.05) is 0 Å². The molecule has 1 aliphatic rings. The van der Waals surface area contributed by atoms with E-state index in [9.17, 15) is 26.4 Å². The van der Waals surface area contributed by atoms with Crippen molar-refractivity contribution >= 4 is 33.2 Å². The van der Waals surface area contributed by atoms with E-state index in [0.717, 1.165) is 17.0 Å². The van der Waals surface area contributed by atoms with Crippen LogP contribution in [0.4, 0.5) is 19.0 Å². The van der Waals surface area contributed by atoms with Gasteiger partial charge in [-0.1, -0.05) is 17.7 Å². The number of amides is 1. The van der Waals surface area contributed by atoms with Crippen LogP contribution in [0.25, 0.3) is 0 Å². The number of halogens is 4. The Balaban J connectivity index is 2.03. The summed E-state index contributed by atoms with van der Waals surface area (Å²) in [6.45, 7) is -0.251. The first-order chi connectivity index (χ1) is 11.6. The summed E-state index contributed by atoms with van der Waals surface area (Å²) in [5, 5.41) is -0.456. The average Bonchev–Trinajstić information content (AvgIpc) is 2.51. The molecule has 132 valence electrons. The van der Waals surface area contributed by atoms with E-state index in [0.29, 0.717) is 0 Å². The Morgan fingerprint density at radius 3 is 2.64 bits per heavy atom.